The van der Waals surface area contributed by atoms with E-state index in [0.29, 0.717) is 6.04 Å². The van der Waals surface area contributed by atoms with Gasteiger partial charge in [0.2, 0.25) is 0 Å². The number of rotatable bonds is 2. The summed E-state index contributed by atoms with van der Waals surface area (Å²) in [4.78, 5) is 5.30. The predicted octanol–water partition coefficient (Wildman–Crippen LogP) is 1.85. The second-order valence-corrected chi connectivity index (χ2v) is 6.43. The van der Waals surface area contributed by atoms with Crippen molar-refractivity contribution in [3.8, 4) is 0 Å². The van der Waals surface area contributed by atoms with Crippen LogP contribution in [-0.2, 0) is 0 Å². The highest BCUT2D eigenvalue weighted by Crippen LogP contribution is 2.28. The first-order chi connectivity index (χ1) is 8.84. The monoisotopic (exact) mass is 252 g/mol. The molecule has 1 N–H and O–H groups in total. The van der Waals surface area contributed by atoms with Crippen molar-refractivity contribution >= 4 is 0 Å². The van der Waals surface area contributed by atoms with E-state index in [2.05, 4.69) is 9.80 Å². The van der Waals surface area contributed by atoms with Crippen molar-refractivity contribution in [3.63, 3.8) is 0 Å². The molecule has 0 radical (unpaired) electrons. The normalized spacial score (nSPS) is 37.2. The van der Waals surface area contributed by atoms with Gasteiger partial charge in [0.25, 0.3) is 0 Å². The minimum Gasteiger partial charge on any atom is -0.391 e. The zero-order valence-corrected chi connectivity index (χ0v) is 11.6. The average molecular weight is 252 g/mol. The van der Waals surface area contributed by atoms with Gasteiger partial charge in [0.1, 0.15) is 0 Å². The van der Waals surface area contributed by atoms with Crippen molar-refractivity contribution in [2.45, 2.75) is 69.6 Å². The van der Waals surface area contributed by atoms with Gasteiger partial charge in [-0.15, -0.1) is 0 Å². The van der Waals surface area contributed by atoms with Gasteiger partial charge in [0.15, 0.2) is 0 Å². The fourth-order valence-electron chi connectivity index (χ4n) is 4.21. The molecule has 0 unspecified atom stereocenters. The highest BCUT2D eigenvalue weighted by atomic mass is 16.3. The quantitative estimate of drug-likeness (QED) is 0.812. The van der Waals surface area contributed by atoms with Crippen LogP contribution in [0.2, 0.25) is 0 Å². The topological polar surface area (TPSA) is 26.7 Å². The molecule has 3 fully saturated rings. The van der Waals surface area contributed by atoms with Crippen molar-refractivity contribution in [2.75, 3.05) is 26.2 Å². The van der Waals surface area contributed by atoms with Crippen LogP contribution in [0.15, 0.2) is 0 Å². The molecule has 18 heavy (non-hydrogen) atoms. The Morgan fingerprint density at radius 1 is 0.667 bits per heavy atom. The molecule has 2 atom stereocenters. The van der Waals surface area contributed by atoms with Gasteiger partial charge in [-0.25, -0.2) is 0 Å². The van der Waals surface area contributed by atoms with Gasteiger partial charge in [-0.1, -0.05) is 6.42 Å². The summed E-state index contributed by atoms with van der Waals surface area (Å²) in [5.74, 6) is 0. The van der Waals surface area contributed by atoms with Gasteiger partial charge in [-0.3, -0.25) is 4.90 Å². The molecule has 0 aromatic heterocycles. The zero-order valence-electron chi connectivity index (χ0n) is 11.6. The van der Waals surface area contributed by atoms with Gasteiger partial charge in [-0.2, -0.15) is 0 Å². The van der Waals surface area contributed by atoms with E-state index in [1.165, 1.54) is 71.1 Å². The van der Waals surface area contributed by atoms with Gasteiger partial charge < -0.3 is 10.0 Å². The molecular formula is C15H28N2O. The van der Waals surface area contributed by atoms with Crippen molar-refractivity contribution in [1.29, 1.82) is 0 Å². The fraction of sp³-hybridized carbons (Fsp3) is 1.00. The maximum atomic E-state index is 10.0. The van der Waals surface area contributed by atoms with Crippen LogP contribution < -0.4 is 0 Å². The molecule has 0 spiro atoms. The van der Waals surface area contributed by atoms with E-state index < -0.39 is 0 Å². The standard InChI is InChI=1S/C15H28N2O/c18-15-6-4-5-14(15)17-11-7-13(8-12-17)16-9-2-1-3-10-16/h13-15,18H,1-12H2/t14-,15-/m1/s1. The Bertz CT molecular complexity index is 257. The van der Waals surface area contributed by atoms with Crippen molar-refractivity contribution in [1.82, 2.24) is 9.80 Å². The molecule has 1 aliphatic carbocycles. The van der Waals surface area contributed by atoms with E-state index in [1.807, 2.05) is 0 Å². The van der Waals surface area contributed by atoms with Crippen LogP contribution in [0.5, 0.6) is 0 Å². The maximum Gasteiger partial charge on any atom is 0.0695 e. The van der Waals surface area contributed by atoms with E-state index in [1.54, 1.807) is 0 Å². The van der Waals surface area contributed by atoms with Crippen LogP contribution >= 0.6 is 0 Å². The molecule has 3 nitrogen and oxygen atoms in total. The lowest BCUT2D eigenvalue weighted by Crippen LogP contribution is -2.50. The zero-order chi connectivity index (χ0) is 12.4. The first-order valence-electron chi connectivity index (χ1n) is 8.01. The summed E-state index contributed by atoms with van der Waals surface area (Å²) in [6, 6.07) is 1.31. The number of likely N-dealkylation sites (tertiary alicyclic amines) is 2. The Hall–Kier alpha value is -0.120. The summed E-state index contributed by atoms with van der Waals surface area (Å²) in [5, 5.41) is 10.0. The number of aliphatic hydroxyl groups is 1. The number of aliphatic hydroxyl groups excluding tert-OH is 1. The van der Waals surface area contributed by atoms with Gasteiger partial charge >= 0.3 is 0 Å². The average Bonchev–Trinajstić information content (AvgIpc) is 2.86. The molecule has 0 bridgehead atoms. The first-order valence-corrected chi connectivity index (χ1v) is 8.01. The molecule has 1 saturated carbocycles. The molecule has 0 aromatic carbocycles. The van der Waals surface area contributed by atoms with E-state index >= 15 is 0 Å². The second kappa shape index (κ2) is 5.89. The third-order valence-corrected chi connectivity index (χ3v) is 5.32. The molecule has 2 saturated heterocycles. The van der Waals surface area contributed by atoms with Crippen molar-refractivity contribution in [3.05, 3.63) is 0 Å². The van der Waals surface area contributed by atoms with Crippen LogP contribution in [0.25, 0.3) is 0 Å². The minimum atomic E-state index is -0.0449. The lowest BCUT2D eigenvalue weighted by Gasteiger charge is -2.42. The molecule has 3 aliphatic rings. The highest BCUT2D eigenvalue weighted by molar-refractivity contribution is 4.89. The third kappa shape index (κ3) is 2.73. The summed E-state index contributed by atoms with van der Waals surface area (Å²) in [5.41, 5.74) is 0. The number of piperidine rings is 2. The van der Waals surface area contributed by atoms with E-state index in [4.69, 9.17) is 0 Å². The van der Waals surface area contributed by atoms with Gasteiger partial charge in [0, 0.05) is 25.2 Å². The van der Waals surface area contributed by atoms with Crippen LogP contribution in [0.1, 0.15) is 51.4 Å². The smallest absolute Gasteiger partial charge is 0.0695 e. The summed E-state index contributed by atoms with van der Waals surface area (Å²) >= 11 is 0. The molecule has 2 aliphatic heterocycles. The Balaban J connectivity index is 1.48. The molecule has 3 rings (SSSR count). The Kier molecular flexibility index (Phi) is 4.22. The van der Waals surface area contributed by atoms with E-state index in [0.717, 1.165) is 12.5 Å². The van der Waals surface area contributed by atoms with Crippen LogP contribution in [0, 0.1) is 0 Å². The summed E-state index contributed by atoms with van der Waals surface area (Å²) < 4.78 is 0. The molecule has 3 heteroatoms. The number of nitrogens with zero attached hydrogens (tertiary/aromatic N) is 2. The molecular weight excluding hydrogens is 224 g/mol. The Labute approximate surface area is 111 Å². The fourth-order valence-corrected chi connectivity index (χ4v) is 4.21. The molecule has 0 aromatic rings. The van der Waals surface area contributed by atoms with Crippen LogP contribution in [0.3, 0.4) is 0 Å². The number of hydrogen-bond donors (Lipinski definition) is 1. The van der Waals surface area contributed by atoms with E-state index in [9.17, 15) is 5.11 Å². The maximum absolute atomic E-state index is 10.0. The molecule has 0 amide bonds. The minimum absolute atomic E-state index is 0.0449. The lowest BCUT2D eigenvalue weighted by atomic mass is 9.98. The van der Waals surface area contributed by atoms with Crippen LogP contribution in [0.4, 0.5) is 0 Å². The first kappa shape index (κ1) is 12.9. The predicted molar refractivity (Wildman–Crippen MR) is 73.7 cm³/mol. The van der Waals surface area contributed by atoms with E-state index in [-0.39, 0.29) is 6.10 Å². The Morgan fingerprint density at radius 2 is 1.39 bits per heavy atom. The van der Waals surface area contributed by atoms with Gasteiger partial charge in [-0.05, 0) is 58.0 Å². The van der Waals surface area contributed by atoms with Gasteiger partial charge in [0.05, 0.1) is 6.10 Å². The Morgan fingerprint density at radius 3 is 2.00 bits per heavy atom. The molecule has 2 heterocycles. The summed E-state index contributed by atoms with van der Waals surface area (Å²) in [7, 11) is 0. The summed E-state index contributed by atoms with van der Waals surface area (Å²) in [6.07, 6.45) is 10.3. The SMILES string of the molecule is O[C@@H]1CCC[C@H]1N1CCC(N2CCCCC2)CC1. The highest BCUT2D eigenvalue weighted by Gasteiger charge is 2.34. The lowest BCUT2D eigenvalue weighted by molar-refractivity contribution is 0.0296. The second-order valence-electron chi connectivity index (χ2n) is 6.43. The number of hydrogen-bond acceptors (Lipinski definition) is 3. The molecule has 104 valence electrons. The summed E-state index contributed by atoms with van der Waals surface area (Å²) in [6.45, 7) is 5.08. The van der Waals surface area contributed by atoms with Crippen LogP contribution in [-0.4, -0.2) is 59.3 Å². The third-order valence-electron chi connectivity index (χ3n) is 5.32. The van der Waals surface area contributed by atoms with Crippen molar-refractivity contribution < 1.29 is 5.11 Å². The largest absolute Gasteiger partial charge is 0.391 e. The van der Waals surface area contributed by atoms with Crippen molar-refractivity contribution in [2.24, 2.45) is 0 Å².